The number of para-hydroxylation sites is 1. The Morgan fingerprint density at radius 2 is 2.12 bits per heavy atom. The zero-order valence-corrected chi connectivity index (χ0v) is 10.4. The molecule has 0 aliphatic carbocycles. The van der Waals surface area contributed by atoms with Gasteiger partial charge in [0.15, 0.2) is 0 Å². The molecule has 4 nitrogen and oxygen atoms in total. The van der Waals surface area contributed by atoms with Crippen LogP contribution in [0, 0.1) is 5.82 Å². The van der Waals surface area contributed by atoms with Crippen molar-refractivity contribution in [2.75, 3.05) is 11.4 Å². The molecule has 94 valence electrons. The molecule has 0 radical (unpaired) electrons. The third kappa shape index (κ3) is 3.42. The SMILES string of the molecule is CCN(C(=NC(C)C)NN)c1ccccc1F. The monoisotopic (exact) mass is 238 g/mol. The van der Waals surface area contributed by atoms with E-state index in [1.807, 2.05) is 20.8 Å². The highest BCUT2D eigenvalue weighted by molar-refractivity contribution is 5.95. The van der Waals surface area contributed by atoms with Crippen molar-refractivity contribution in [1.29, 1.82) is 0 Å². The highest BCUT2D eigenvalue weighted by atomic mass is 19.1. The number of halogens is 1. The molecule has 3 N–H and O–H groups in total. The van der Waals surface area contributed by atoms with Gasteiger partial charge in [-0.2, -0.15) is 0 Å². The maximum atomic E-state index is 13.7. The summed E-state index contributed by atoms with van der Waals surface area (Å²) in [5.41, 5.74) is 2.98. The molecule has 17 heavy (non-hydrogen) atoms. The van der Waals surface area contributed by atoms with Crippen molar-refractivity contribution in [3.05, 3.63) is 30.1 Å². The average Bonchev–Trinajstić information content (AvgIpc) is 2.30. The largest absolute Gasteiger partial charge is 0.309 e. The lowest BCUT2D eigenvalue weighted by Crippen LogP contribution is -2.45. The molecular weight excluding hydrogens is 219 g/mol. The number of hydrogen-bond donors (Lipinski definition) is 2. The van der Waals surface area contributed by atoms with Gasteiger partial charge in [-0.05, 0) is 32.9 Å². The molecule has 1 rings (SSSR count). The van der Waals surface area contributed by atoms with Crippen LogP contribution in [0.1, 0.15) is 20.8 Å². The molecular formula is C12H19FN4. The number of rotatable bonds is 3. The fourth-order valence-corrected chi connectivity index (χ4v) is 1.53. The highest BCUT2D eigenvalue weighted by Gasteiger charge is 2.14. The Labute approximate surface area is 101 Å². The number of nitrogens with one attached hydrogen (secondary N) is 1. The molecule has 0 fully saturated rings. The summed E-state index contributed by atoms with van der Waals surface area (Å²) in [4.78, 5) is 6.03. The van der Waals surface area contributed by atoms with E-state index < -0.39 is 0 Å². The molecule has 5 heteroatoms. The Balaban J connectivity index is 3.10. The Kier molecular flexibility index (Phi) is 4.90. The highest BCUT2D eigenvalue weighted by Crippen LogP contribution is 2.18. The van der Waals surface area contributed by atoms with E-state index in [0.29, 0.717) is 18.2 Å². The van der Waals surface area contributed by atoms with Crippen molar-refractivity contribution in [2.45, 2.75) is 26.8 Å². The second kappa shape index (κ2) is 6.20. The topological polar surface area (TPSA) is 53.6 Å². The molecule has 0 saturated carbocycles. The van der Waals surface area contributed by atoms with Gasteiger partial charge in [-0.15, -0.1) is 0 Å². The van der Waals surface area contributed by atoms with Crippen LogP contribution in [0.15, 0.2) is 29.3 Å². The standard InChI is InChI=1S/C12H19FN4/c1-4-17(12(16-14)15-9(2)3)11-8-6-5-7-10(11)13/h5-9H,4,14H2,1-3H3,(H,15,16). The summed E-state index contributed by atoms with van der Waals surface area (Å²) in [6, 6.07) is 6.64. The van der Waals surface area contributed by atoms with Gasteiger partial charge in [0.2, 0.25) is 5.96 Å². The molecule has 0 amide bonds. The lowest BCUT2D eigenvalue weighted by atomic mass is 10.3. The van der Waals surface area contributed by atoms with E-state index in [1.54, 1.807) is 23.1 Å². The van der Waals surface area contributed by atoms with Gasteiger partial charge in [-0.1, -0.05) is 12.1 Å². The van der Waals surface area contributed by atoms with Crippen molar-refractivity contribution < 1.29 is 4.39 Å². The van der Waals surface area contributed by atoms with Crippen LogP contribution in [-0.2, 0) is 0 Å². The minimum absolute atomic E-state index is 0.0851. The van der Waals surface area contributed by atoms with Crippen molar-refractivity contribution in [3.63, 3.8) is 0 Å². The van der Waals surface area contributed by atoms with E-state index >= 15 is 0 Å². The third-order valence-corrected chi connectivity index (χ3v) is 2.22. The second-order valence-electron chi connectivity index (χ2n) is 3.89. The molecule has 0 aliphatic heterocycles. The van der Waals surface area contributed by atoms with Crippen LogP contribution in [0.3, 0.4) is 0 Å². The van der Waals surface area contributed by atoms with Crippen LogP contribution in [0.25, 0.3) is 0 Å². The van der Waals surface area contributed by atoms with E-state index in [2.05, 4.69) is 10.4 Å². The van der Waals surface area contributed by atoms with Gasteiger partial charge in [0, 0.05) is 12.6 Å². The van der Waals surface area contributed by atoms with Crippen LogP contribution in [0.2, 0.25) is 0 Å². The smallest absolute Gasteiger partial charge is 0.213 e. The summed E-state index contributed by atoms with van der Waals surface area (Å²) in [5.74, 6) is 5.61. The number of nitrogens with two attached hydrogens (primary N) is 1. The molecule has 0 aromatic heterocycles. The minimum atomic E-state index is -0.291. The number of anilines is 1. The second-order valence-corrected chi connectivity index (χ2v) is 3.89. The van der Waals surface area contributed by atoms with E-state index in [-0.39, 0.29) is 11.9 Å². The Bertz CT molecular complexity index is 390. The first-order valence-electron chi connectivity index (χ1n) is 5.66. The normalized spacial score (nSPS) is 11.8. The van der Waals surface area contributed by atoms with Crippen LogP contribution in [0.5, 0.6) is 0 Å². The molecule has 0 saturated heterocycles. The van der Waals surface area contributed by atoms with Crippen LogP contribution in [-0.4, -0.2) is 18.5 Å². The molecule has 0 aliphatic rings. The molecule has 0 atom stereocenters. The number of guanidine groups is 1. The van der Waals surface area contributed by atoms with Gasteiger partial charge < -0.3 is 4.90 Å². The molecule has 1 aromatic carbocycles. The summed E-state index contributed by atoms with van der Waals surface area (Å²) < 4.78 is 13.7. The molecule has 0 unspecified atom stereocenters. The molecule has 0 heterocycles. The number of benzene rings is 1. The van der Waals surface area contributed by atoms with E-state index in [9.17, 15) is 4.39 Å². The fraction of sp³-hybridized carbons (Fsp3) is 0.417. The van der Waals surface area contributed by atoms with Crippen molar-refractivity contribution >= 4 is 11.6 Å². The predicted octanol–water partition coefficient (Wildman–Crippen LogP) is 1.88. The number of hydrazine groups is 1. The summed E-state index contributed by atoms with van der Waals surface area (Å²) >= 11 is 0. The van der Waals surface area contributed by atoms with E-state index in [0.717, 1.165) is 0 Å². The fourth-order valence-electron chi connectivity index (χ4n) is 1.53. The zero-order chi connectivity index (χ0) is 12.8. The summed E-state index contributed by atoms with van der Waals surface area (Å²) in [5, 5.41) is 0. The van der Waals surface area contributed by atoms with Gasteiger partial charge in [0.1, 0.15) is 5.82 Å². The van der Waals surface area contributed by atoms with Crippen molar-refractivity contribution in [3.8, 4) is 0 Å². The Morgan fingerprint density at radius 3 is 2.59 bits per heavy atom. The third-order valence-electron chi connectivity index (χ3n) is 2.22. The van der Waals surface area contributed by atoms with Gasteiger partial charge in [-0.3, -0.25) is 5.43 Å². The maximum absolute atomic E-state index is 13.7. The molecule has 1 aromatic rings. The van der Waals surface area contributed by atoms with Gasteiger partial charge in [-0.25, -0.2) is 15.2 Å². The van der Waals surface area contributed by atoms with E-state index in [1.165, 1.54) is 6.07 Å². The molecule has 0 bridgehead atoms. The summed E-state index contributed by atoms with van der Waals surface area (Å²) in [6.07, 6.45) is 0. The lowest BCUT2D eigenvalue weighted by molar-refractivity contribution is 0.625. The van der Waals surface area contributed by atoms with Gasteiger partial charge in [0.25, 0.3) is 0 Å². The first kappa shape index (κ1) is 13.4. The van der Waals surface area contributed by atoms with Crippen LogP contribution >= 0.6 is 0 Å². The quantitative estimate of drug-likeness (QED) is 0.366. The number of aliphatic imine (C=N–C) groups is 1. The maximum Gasteiger partial charge on any atom is 0.213 e. The summed E-state index contributed by atoms with van der Waals surface area (Å²) in [7, 11) is 0. The molecule has 0 spiro atoms. The first-order valence-corrected chi connectivity index (χ1v) is 5.66. The first-order chi connectivity index (χ1) is 8.10. The summed E-state index contributed by atoms with van der Waals surface area (Å²) in [6.45, 7) is 6.37. The lowest BCUT2D eigenvalue weighted by Gasteiger charge is -2.25. The van der Waals surface area contributed by atoms with Crippen LogP contribution < -0.4 is 16.2 Å². The Hall–Kier alpha value is -1.62. The van der Waals surface area contributed by atoms with Crippen molar-refractivity contribution in [1.82, 2.24) is 5.43 Å². The van der Waals surface area contributed by atoms with Crippen LogP contribution in [0.4, 0.5) is 10.1 Å². The van der Waals surface area contributed by atoms with E-state index in [4.69, 9.17) is 5.84 Å². The minimum Gasteiger partial charge on any atom is -0.309 e. The Morgan fingerprint density at radius 1 is 1.47 bits per heavy atom. The zero-order valence-electron chi connectivity index (χ0n) is 10.4. The number of nitrogens with zero attached hydrogens (tertiary/aromatic N) is 2. The average molecular weight is 238 g/mol. The predicted molar refractivity (Wildman–Crippen MR) is 69.3 cm³/mol. The van der Waals surface area contributed by atoms with Gasteiger partial charge in [0.05, 0.1) is 5.69 Å². The van der Waals surface area contributed by atoms with Gasteiger partial charge >= 0.3 is 0 Å². The van der Waals surface area contributed by atoms with Crippen molar-refractivity contribution in [2.24, 2.45) is 10.8 Å². The number of hydrogen-bond acceptors (Lipinski definition) is 2.